The highest BCUT2D eigenvalue weighted by Crippen LogP contribution is 2.53. The van der Waals surface area contributed by atoms with E-state index in [1.54, 1.807) is 35.0 Å². The van der Waals surface area contributed by atoms with Crippen molar-refractivity contribution in [1.29, 1.82) is 0 Å². The van der Waals surface area contributed by atoms with Crippen LogP contribution in [0.15, 0.2) is 11.4 Å². The maximum Gasteiger partial charge on any atom is 0.172 e. The van der Waals surface area contributed by atoms with Gasteiger partial charge in [0.15, 0.2) is 5.87 Å². The zero-order chi connectivity index (χ0) is 5.86. The van der Waals surface area contributed by atoms with Gasteiger partial charge in [-0.25, -0.2) is 4.20 Å². The fourth-order valence-corrected chi connectivity index (χ4v) is 1.13. The van der Waals surface area contributed by atoms with Crippen molar-refractivity contribution in [2.45, 2.75) is 13.8 Å². The van der Waals surface area contributed by atoms with Crippen LogP contribution in [0.5, 0.6) is 0 Å². The van der Waals surface area contributed by atoms with Gasteiger partial charge in [-0.2, -0.15) is 0 Å². The van der Waals surface area contributed by atoms with Crippen molar-refractivity contribution in [2.24, 2.45) is 0 Å². The highest BCUT2D eigenvalue weighted by molar-refractivity contribution is 14.2. The molecule has 0 aliphatic carbocycles. The molecule has 0 aliphatic rings. The predicted molar refractivity (Wildman–Crippen MR) is 41.5 cm³/mol. The fourth-order valence-electron chi connectivity index (χ4n) is 0.0976. The Balaban J connectivity index is 3.56. The van der Waals surface area contributed by atoms with Gasteiger partial charge in [-0.3, -0.25) is 0 Å². The van der Waals surface area contributed by atoms with Crippen LogP contribution >= 0.6 is 27.9 Å². The molecule has 0 amide bonds. The molecule has 0 saturated carbocycles. The van der Waals surface area contributed by atoms with Crippen LogP contribution in [-0.2, 0) is 0 Å². The van der Waals surface area contributed by atoms with Gasteiger partial charge in [0.05, 0.1) is 0 Å². The summed E-state index contributed by atoms with van der Waals surface area (Å²) < 4.78 is 12.1. The summed E-state index contributed by atoms with van der Waals surface area (Å²) in [6.45, 7) is 3.65. The van der Waals surface area contributed by atoms with E-state index in [0.29, 0.717) is 0 Å². The van der Waals surface area contributed by atoms with E-state index in [0.717, 1.165) is 5.31 Å². The molecule has 1 unspecified atom stereocenters. The Kier molecular flexibility index (Phi) is 4.24. The molecule has 0 aromatic heterocycles. The maximum absolute atomic E-state index is 12.1. The van der Waals surface area contributed by atoms with Crippen molar-refractivity contribution in [3.8, 4) is 0 Å². The second-order valence-electron chi connectivity index (χ2n) is 1.16. The Morgan fingerprint density at radius 3 is 2.29 bits per heavy atom. The van der Waals surface area contributed by atoms with Gasteiger partial charge in [0.1, 0.15) is 0 Å². The van der Waals surface area contributed by atoms with Crippen LogP contribution in [0, 0.1) is 0 Å². The average Bonchev–Trinajstić information content (AvgIpc) is 1.65. The number of hydrogen-bond donors (Lipinski definition) is 0. The quantitative estimate of drug-likeness (QED) is 0.478. The SMILES string of the molecule is C/C=C(\C)P(F)I. The molecule has 0 nitrogen and oxygen atoms in total. The van der Waals surface area contributed by atoms with Gasteiger partial charge in [-0.1, -0.05) is 6.08 Å². The molecular formula is C4H7FIP. The largest absolute Gasteiger partial charge is 0.210 e. The summed E-state index contributed by atoms with van der Waals surface area (Å²) in [4.78, 5) is 0. The van der Waals surface area contributed by atoms with Gasteiger partial charge >= 0.3 is 0 Å². The smallest absolute Gasteiger partial charge is 0.172 e. The van der Waals surface area contributed by atoms with E-state index >= 15 is 0 Å². The lowest BCUT2D eigenvalue weighted by atomic mass is 10.6. The minimum atomic E-state index is -1.33. The van der Waals surface area contributed by atoms with Crippen LogP contribution in [0.4, 0.5) is 4.20 Å². The number of allylic oxidation sites excluding steroid dienone is 2. The van der Waals surface area contributed by atoms with Crippen molar-refractivity contribution in [3.63, 3.8) is 0 Å². The molecule has 0 bridgehead atoms. The van der Waals surface area contributed by atoms with E-state index in [2.05, 4.69) is 0 Å². The van der Waals surface area contributed by atoms with Crippen LogP contribution in [-0.4, -0.2) is 0 Å². The Morgan fingerprint density at radius 2 is 2.29 bits per heavy atom. The lowest BCUT2D eigenvalue weighted by Gasteiger charge is -1.93. The standard InChI is InChI=1S/C4H7FIP/c1-3-4(2)7(5)6/h3H,1-2H3/b4-3+. The van der Waals surface area contributed by atoms with Crippen LogP contribution in [0.1, 0.15) is 13.8 Å². The minimum absolute atomic E-state index is 0.857. The van der Waals surface area contributed by atoms with Gasteiger partial charge in [-0.15, -0.1) is 0 Å². The zero-order valence-electron chi connectivity index (χ0n) is 4.28. The van der Waals surface area contributed by atoms with E-state index in [9.17, 15) is 4.20 Å². The average molecular weight is 232 g/mol. The maximum atomic E-state index is 12.1. The van der Waals surface area contributed by atoms with Gasteiger partial charge in [0.2, 0.25) is 0 Å². The van der Waals surface area contributed by atoms with Crippen molar-refractivity contribution in [3.05, 3.63) is 11.4 Å². The van der Waals surface area contributed by atoms with E-state index < -0.39 is 5.87 Å². The van der Waals surface area contributed by atoms with E-state index in [4.69, 9.17) is 0 Å². The molecule has 42 valence electrons. The normalized spacial score (nSPS) is 16.9. The first kappa shape index (κ1) is 7.83. The molecule has 0 heterocycles. The van der Waals surface area contributed by atoms with E-state index in [1.165, 1.54) is 0 Å². The summed E-state index contributed by atoms with van der Waals surface area (Å²) >= 11 is 1.80. The lowest BCUT2D eigenvalue weighted by molar-refractivity contribution is 0.921. The van der Waals surface area contributed by atoms with Gasteiger partial charge in [0.25, 0.3) is 0 Å². The van der Waals surface area contributed by atoms with Crippen molar-refractivity contribution in [1.82, 2.24) is 0 Å². The Bertz CT molecular complexity index is 79.8. The Hall–Kier alpha value is 0.830. The third-order valence-corrected chi connectivity index (χ3v) is 3.76. The molecule has 0 aromatic carbocycles. The first-order chi connectivity index (χ1) is 3.18. The summed E-state index contributed by atoms with van der Waals surface area (Å²) in [7, 11) is 0. The second kappa shape index (κ2) is 3.79. The summed E-state index contributed by atoms with van der Waals surface area (Å²) in [5.74, 6) is -1.33. The third-order valence-electron chi connectivity index (χ3n) is 0.684. The van der Waals surface area contributed by atoms with Crippen molar-refractivity contribution in [2.75, 3.05) is 0 Å². The first-order valence-corrected chi connectivity index (χ1v) is 5.95. The van der Waals surface area contributed by atoms with Crippen LogP contribution in [0.3, 0.4) is 0 Å². The van der Waals surface area contributed by atoms with E-state index in [-0.39, 0.29) is 0 Å². The topological polar surface area (TPSA) is 0 Å². The summed E-state index contributed by atoms with van der Waals surface area (Å²) in [6.07, 6.45) is 1.80. The number of halogens is 2. The highest BCUT2D eigenvalue weighted by atomic mass is 127. The molecular weight excluding hydrogens is 225 g/mol. The van der Waals surface area contributed by atoms with Crippen molar-refractivity contribution >= 4 is 27.9 Å². The van der Waals surface area contributed by atoms with Crippen LogP contribution < -0.4 is 0 Å². The van der Waals surface area contributed by atoms with Crippen LogP contribution in [0.2, 0.25) is 0 Å². The monoisotopic (exact) mass is 232 g/mol. The zero-order valence-corrected chi connectivity index (χ0v) is 7.33. The Labute approximate surface area is 57.5 Å². The molecule has 0 aromatic rings. The van der Waals surface area contributed by atoms with Crippen molar-refractivity contribution < 1.29 is 4.20 Å². The van der Waals surface area contributed by atoms with E-state index in [1.807, 2.05) is 6.92 Å². The van der Waals surface area contributed by atoms with Gasteiger partial charge in [-0.05, 0) is 41.2 Å². The predicted octanol–water partition coefficient (Wildman–Crippen LogP) is 3.63. The number of hydrogen-bond acceptors (Lipinski definition) is 0. The molecule has 0 rings (SSSR count). The molecule has 0 spiro atoms. The van der Waals surface area contributed by atoms with Gasteiger partial charge in [0, 0.05) is 0 Å². The fraction of sp³-hybridized carbons (Fsp3) is 0.500. The number of rotatable bonds is 1. The molecule has 0 saturated heterocycles. The first-order valence-electron chi connectivity index (χ1n) is 1.93. The molecule has 3 heteroatoms. The molecule has 0 fully saturated rings. The minimum Gasteiger partial charge on any atom is -0.210 e. The Morgan fingerprint density at radius 1 is 1.86 bits per heavy atom. The molecule has 7 heavy (non-hydrogen) atoms. The molecule has 1 atom stereocenters. The second-order valence-corrected chi connectivity index (χ2v) is 4.88. The summed E-state index contributed by atoms with van der Waals surface area (Å²) in [5, 5.41) is 0.857. The molecule has 0 aliphatic heterocycles. The molecule has 0 radical (unpaired) electrons. The highest BCUT2D eigenvalue weighted by Gasteiger charge is 1.98. The summed E-state index contributed by atoms with van der Waals surface area (Å²) in [5.41, 5.74) is 0. The third kappa shape index (κ3) is 3.42. The molecule has 0 N–H and O–H groups in total. The lowest BCUT2D eigenvalue weighted by Crippen LogP contribution is -1.55. The summed E-state index contributed by atoms with van der Waals surface area (Å²) in [6, 6.07) is 0. The van der Waals surface area contributed by atoms with Crippen LogP contribution in [0.25, 0.3) is 0 Å². The van der Waals surface area contributed by atoms with Gasteiger partial charge < -0.3 is 0 Å².